The van der Waals surface area contributed by atoms with Crippen molar-refractivity contribution in [2.24, 2.45) is 0 Å². The van der Waals surface area contributed by atoms with Crippen LogP contribution in [0.25, 0.3) is 22.2 Å². The van der Waals surface area contributed by atoms with E-state index in [2.05, 4.69) is 10.3 Å². The van der Waals surface area contributed by atoms with Gasteiger partial charge >= 0.3 is 0 Å². The summed E-state index contributed by atoms with van der Waals surface area (Å²) in [5, 5.41) is 6.18. The van der Waals surface area contributed by atoms with Gasteiger partial charge in [-0.3, -0.25) is 4.79 Å². The van der Waals surface area contributed by atoms with Gasteiger partial charge in [0.25, 0.3) is 0 Å². The number of methoxy groups -OCH3 is 1. The van der Waals surface area contributed by atoms with Crippen molar-refractivity contribution >= 4 is 33.3 Å². The maximum atomic E-state index is 12.5. The molecule has 7 nitrogen and oxygen atoms in total. The molecular formula is C21H16N2O5S. The van der Waals surface area contributed by atoms with Crippen LogP contribution in [0, 0.1) is 0 Å². The number of furan rings is 1. The topological polar surface area (TPSA) is 82.8 Å². The average molecular weight is 408 g/mol. The summed E-state index contributed by atoms with van der Waals surface area (Å²) in [6, 6.07) is 11.2. The Bertz CT molecular complexity index is 1210. The number of carbonyl (C=O) groups excluding carboxylic acids is 1. The van der Waals surface area contributed by atoms with Crippen LogP contribution in [0.15, 0.2) is 52.5 Å². The summed E-state index contributed by atoms with van der Waals surface area (Å²) in [4.78, 5) is 17.0. The van der Waals surface area contributed by atoms with E-state index in [0.29, 0.717) is 22.2 Å². The second-order valence-electron chi connectivity index (χ2n) is 6.45. The molecule has 0 radical (unpaired) electrons. The lowest BCUT2D eigenvalue weighted by Crippen LogP contribution is -2.13. The van der Waals surface area contributed by atoms with Crippen LogP contribution < -0.4 is 19.5 Å². The Labute approximate surface area is 169 Å². The van der Waals surface area contributed by atoms with Crippen molar-refractivity contribution in [1.82, 2.24) is 4.98 Å². The van der Waals surface area contributed by atoms with Gasteiger partial charge in [0.15, 0.2) is 16.6 Å². The normalized spacial score (nSPS) is 12.3. The molecule has 1 aliphatic heterocycles. The Morgan fingerprint density at radius 3 is 3.00 bits per heavy atom. The van der Waals surface area contributed by atoms with Gasteiger partial charge in [-0.25, -0.2) is 4.98 Å². The molecule has 3 heterocycles. The molecule has 1 amide bonds. The molecule has 0 saturated heterocycles. The number of amides is 1. The molecule has 29 heavy (non-hydrogen) atoms. The summed E-state index contributed by atoms with van der Waals surface area (Å²) in [5.74, 6) is 1.98. The lowest BCUT2D eigenvalue weighted by atomic mass is 10.1. The van der Waals surface area contributed by atoms with Crippen molar-refractivity contribution < 1.29 is 23.4 Å². The third-order valence-electron chi connectivity index (χ3n) is 4.63. The fourth-order valence-electron chi connectivity index (χ4n) is 3.18. The second-order valence-corrected chi connectivity index (χ2v) is 7.31. The van der Waals surface area contributed by atoms with E-state index in [0.717, 1.165) is 28.0 Å². The first-order valence-corrected chi connectivity index (χ1v) is 9.77. The first kappa shape index (κ1) is 17.6. The van der Waals surface area contributed by atoms with E-state index in [9.17, 15) is 4.79 Å². The van der Waals surface area contributed by atoms with E-state index in [1.54, 1.807) is 19.4 Å². The zero-order chi connectivity index (χ0) is 19.8. The standard InChI is InChI=1S/C21H16N2O5S/c1-25-14-3-4-15-13(9-26-18(15)8-14)7-20(24)23-21-22-16(10-29-21)12-2-5-17-19(6-12)28-11-27-17/h2-6,8-10H,7,11H2,1H3,(H,22,23,24). The lowest BCUT2D eigenvalue weighted by molar-refractivity contribution is -0.115. The van der Waals surface area contributed by atoms with Gasteiger partial charge in [0.1, 0.15) is 11.3 Å². The molecule has 5 rings (SSSR count). The molecule has 0 atom stereocenters. The minimum atomic E-state index is -0.157. The third kappa shape index (κ3) is 3.38. The highest BCUT2D eigenvalue weighted by atomic mass is 32.1. The fraction of sp³-hybridized carbons (Fsp3) is 0.143. The largest absolute Gasteiger partial charge is 0.497 e. The molecule has 4 aromatic rings. The van der Waals surface area contributed by atoms with E-state index in [1.807, 2.05) is 35.7 Å². The summed E-state index contributed by atoms with van der Waals surface area (Å²) < 4.78 is 21.5. The number of benzene rings is 2. The Morgan fingerprint density at radius 1 is 1.21 bits per heavy atom. The molecule has 0 saturated carbocycles. The van der Waals surface area contributed by atoms with Crippen LogP contribution in [0.1, 0.15) is 5.56 Å². The molecule has 2 aromatic heterocycles. The summed E-state index contributed by atoms with van der Waals surface area (Å²) in [6.07, 6.45) is 1.79. The Balaban J connectivity index is 1.29. The Hall–Kier alpha value is -3.52. The van der Waals surface area contributed by atoms with Crippen LogP contribution in [0.3, 0.4) is 0 Å². The molecule has 0 aliphatic carbocycles. The smallest absolute Gasteiger partial charge is 0.231 e. The molecule has 0 spiro atoms. The monoisotopic (exact) mass is 408 g/mol. The number of thiazole rings is 1. The van der Waals surface area contributed by atoms with E-state index in [-0.39, 0.29) is 19.1 Å². The molecular weight excluding hydrogens is 392 g/mol. The van der Waals surface area contributed by atoms with E-state index >= 15 is 0 Å². The SMILES string of the molecule is COc1ccc2c(CC(=O)Nc3nc(-c4ccc5c(c4)OCO5)cs3)coc2c1. The van der Waals surface area contributed by atoms with Gasteiger partial charge < -0.3 is 23.9 Å². The first-order chi connectivity index (χ1) is 14.2. The summed E-state index contributed by atoms with van der Waals surface area (Å²) >= 11 is 1.37. The maximum Gasteiger partial charge on any atom is 0.231 e. The number of rotatable bonds is 5. The highest BCUT2D eigenvalue weighted by Gasteiger charge is 2.16. The number of nitrogens with one attached hydrogen (secondary N) is 1. The van der Waals surface area contributed by atoms with Gasteiger partial charge in [-0.05, 0) is 30.3 Å². The number of fused-ring (bicyclic) bond motifs is 2. The number of carbonyl (C=O) groups is 1. The number of hydrogen-bond acceptors (Lipinski definition) is 7. The first-order valence-electron chi connectivity index (χ1n) is 8.89. The van der Waals surface area contributed by atoms with Gasteiger partial charge in [-0.2, -0.15) is 0 Å². The van der Waals surface area contributed by atoms with Crippen LogP contribution in [0.2, 0.25) is 0 Å². The second kappa shape index (κ2) is 7.14. The van der Waals surface area contributed by atoms with Gasteiger partial charge in [0.05, 0.1) is 25.5 Å². The predicted octanol–water partition coefficient (Wildman–Crippen LogP) is 4.47. The minimum absolute atomic E-state index is 0.157. The number of aromatic nitrogens is 1. The van der Waals surface area contributed by atoms with Crippen molar-refractivity contribution in [3.8, 4) is 28.5 Å². The number of anilines is 1. The molecule has 1 aliphatic rings. The zero-order valence-electron chi connectivity index (χ0n) is 15.4. The molecule has 0 unspecified atom stereocenters. The van der Waals surface area contributed by atoms with E-state index < -0.39 is 0 Å². The summed E-state index contributed by atoms with van der Waals surface area (Å²) in [7, 11) is 1.60. The van der Waals surface area contributed by atoms with Crippen molar-refractivity contribution in [3.63, 3.8) is 0 Å². The van der Waals surface area contributed by atoms with E-state index in [1.165, 1.54) is 11.3 Å². The number of hydrogen-bond donors (Lipinski definition) is 1. The van der Waals surface area contributed by atoms with Crippen molar-refractivity contribution in [2.75, 3.05) is 19.2 Å². The molecule has 8 heteroatoms. The van der Waals surface area contributed by atoms with Crippen LogP contribution in [-0.4, -0.2) is 24.8 Å². The lowest BCUT2D eigenvalue weighted by Gasteiger charge is -2.02. The Morgan fingerprint density at radius 2 is 2.10 bits per heavy atom. The zero-order valence-corrected chi connectivity index (χ0v) is 16.2. The summed E-state index contributed by atoms with van der Waals surface area (Å²) in [6.45, 7) is 0.229. The van der Waals surface area contributed by atoms with Crippen molar-refractivity contribution in [3.05, 3.63) is 53.6 Å². The molecule has 146 valence electrons. The van der Waals surface area contributed by atoms with Crippen LogP contribution in [-0.2, 0) is 11.2 Å². The highest BCUT2D eigenvalue weighted by molar-refractivity contribution is 7.14. The molecule has 0 bridgehead atoms. The van der Waals surface area contributed by atoms with Crippen LogP contribution in [0.4, 0.5) is 5.13 Å². The van der Waals surface area contributed by atoms with Gasteiger partial charge in [-0.15, -0.1) is 11.3 Å². The number of nitrogens with zero attached hydrogens (tertiary/aromatic N) is 1. The van der Waals surface area contributed by atoms with Gasteiger partial charge in [0.2, 0.25) is 12.7 Å². The number of ether oxygens (including phenoxy) is 3. The van der Waals surface area contributed by atoms with E-state index in [4.69, 9.17) is 18.6 Å². The predicted molar refractivity (Wildman–Crippen MR) is 109 cm³/mol. The Kier molecular flexibility index (Phi) is 4.33. The molecule has 0 fully saturated rings. The maximum absolute atomic E-state index is 12.5. The quantitative estimate of drug-likeness (QED) is 0.524. The van der Waals surface area contributed by atoms with Crippen LogP contribution in [0.5, 0.6) is 17.2 Å². The van der Waals surface area contributed by atoms with Gasteiger partial charge in [0, 0.05) is 28.0 Å². The van der Waals surface area contributed by atoms with Gasteiger partial charge in [-0.1, -0.05) is 0 Å². The van der Waals surface area contributed by atoms with Crippen LogP contribution >= 0.6 is 11.3 Å². The minimum Gasteiger partial charge on any atom is -0.497 e. The summed E-state index contributed by atoms with van der Waals surface area (Å²) in [5.41, 5.74) is 3.17. The fourth-order valence-corrected chi connectivity index (χ4v) is 3.92. The van der Waals surface area contributed by atoms with Crippen molar-refractivity contribution in [2.45, 2.75) is 6.42 Å². The highest BCUT2D eigenvalue weighted by Crippen LogP contribution is 2.36. The average Bonchev–Trinajstić information content (AvgIpc) is 3.47. The molecule has 1 N–H and O–H groups in total. The molecule has 2 aromatic carbocycles. The van der Waals surface area contributed by atoms with Crippen molar-refractivity contribution in [1.29, 1.82) is 0 Å². The third-order valence-corrected chi connectivity index (χ3v) is 5.39.